The van der Waals surface area contributed by atoms with Gasteiger partial charge in [-0.25, -0.2) is 9.99 Å². The van der Waals surface area contributed by atoms with Crippen molar-refractivity contribution in [2.75, 3.05) is 19.5 Å². The molecular weight excluding hydrogens is 138 g/mol. The Morgan fingerprint density at radius 3 is 2.55 bits per heavy atom. The normalized spacial score (nSPS) is 10.2. The standard InChI is InChI=1S/C8H13N3/c1-7-4-5-8(9-6-7)10-11(2)3/h4-6H,1-3H3,(H,9,10). The van der Waals surface area contributed by atoms with Crippen molar-refractivity contribution in [2.45, 2.75) is 6.92 Å². The molecule has 0 fully saturated rings. The fourth-order valence-corrected chi connectivity index (χ4v) is 0.763. The molecular formula is C8H13N3. The third-order valence-corrected chi connectivity index (χ3v) is 1.25. The van der Waals surface area contributed by atoms with E-state index in [0.29, 0.717) is 0 Å². The first-order valence-corrected chi connectivity index (χ1v) is 3.55. The summed E-state index contributed by atoms with van der Waals surface area (Å²) in [6, 6.07) is 3.98. The molecule has 1 N–H and O–H groups in total. The fraction of sp³-hybridized carbons (Fsp3) is 0.375. The molecule has 11 heavy (non-hydrogen) atoms. The summed E-state index contributed by atoms with van der Waals surface area (Å²) in [5.74, 6) is 0.876. The van der Waals surface area contributed by atoms with Crippen LogP contribution in [0.2, 0.25) is 0 Å². The average Bonchev–Trinajstić information content (AvgIpc) is 1.93. The minimum absolute atomic E-state index is 0.876. The van der Waals surface area contributed by atoms with Gasteiger partial charge in [0.15, 0.2) is 0 Å². The maximum Gasteiger partial charge on any atom is 0.140 e. The van der Waals surface area contributed by atoms with E-state index in [1.165, 1.54) is 5.56 Å². The molecule has 0 spiro atoms. The molecule has 60 valence electrons. The minimum atomic E-state index is 0.876. The highest BCUT2D eigenvalue weighted by Gasteiger charge is 1.91. The molecule has 0 atom stereocenters. The second-order valence-corrected chi connectivity index (χ2v) is 2.73. The van der Waals surface area contributed by atoms with Crippen LogP contribution in [-0.4, -0.2) is 24.1 Å². The van der Waals surface area contributed by atoms with Gasteiger partial charge in [0, 0.05) is 20.3 Å². The van der Waals surface area contributed by atoms with E-state index in [1.54, 1.807) is 0 Å². The molecule has 0 aliphatic rings. The number of pyridine rings is 1. The molecule has 0 unspecified atom stereocenters. The van der Waals surface area contributed by atoms with E-state index in [9.17, 15) is 0 Å². The van der Waals surface area contributed by atoms with Crippen molar-refractivity contribution in [2.24, 2.45) is 0 Å². The lowest BCUT2D eigenvalue weighted by atomic mass is 10.3. The summed E-state index contributed by atoms with van der Waals surface area (Å²) < 4.78 is 0. The third-order valence-electron chi connectivity index (χ3n) is 1.25. The molecule has 0 amide bonds. The van der Waals surface area contributed by atoms with Gasteiger partial charge in [-0.15, -0.1) is 0 Å². The summed E-state index contributed by atoms with van der Waals surface area (Å²) in [6.07, 6.45) is 1.84. The first-order valence-electron chi connectivity index (χ1n) is 3.55. The number of hydrazine groups is 1. The molecule has 0 aromatic carbocycles. The van der Waals surface area contributed by atoms with Gasteiger partial charge in [-0.05, 0) is 18.6 Å². The van der Waals surface area contributed by atoms with Crippen LogP contribution in [0.3, 0.4) is 0 Å². The van der Waals surface area contributed by atoms with Crippen LogP contribution in [0.1, 0.15) is 5.56 Å². The van der Waals surface area contributed by atoms with E-state index in [-0.39, 0.29) is 0 Å². The molecule has 0 bridgehead atoms. The molecule has 1 aromatic heterocycles. The number of rotatable bonds is 2. The van der Waals surface area contributed by atoms with E-state index in [0.717, 1.165) is 5.82 Å². The zero-order valence-corrected chi connectivity index (χ0v) is 7.13. The molecule has 0 aliphatic heterocycles. The molecule has 3 nitrogen and oxygen atoms in total. The van der Waals surface area contributed by atoms with Crippen LogP contribution >= 0.6 is 0 Å². The van der Waals surface area contributed by atoms with Crippen LogP contribution in [0.5, 0.6) is 0 Å². The number of aryl methyl sites for hydroxylation is 1. The van der Waals surface area contributed by atoms with Crippen LogP contribution in [0.4, 0.5) is 5.82 Å². The Morgan fingerprint density at radius 2 is 2.09 bits per heavy atom. The van der Waals surface area contributed by atoms with Crippen molar-refractivity contribution >= 4 is 5.82 Å². The summed E-state index contributed by atoms with van der Waals surface area (Å²) in [4.78, 5) is 4.17. The number of hydrogen-bond donors (Lipinski definition) is 1. The first kappa shape index (κ1) is 8.01. The molecule has 1 aromatic rings. The van der Waals surface area contributed by atoms with Gasteiger partial charge in [0.2, 0.25) is 0 Å². The van der Waals surface area contributed by atoms with Crippen molar-refractivity contribution < 1.29 is 0 Å². The van der Waals surface area contributed by atoms with E-state index < -0.39 is 0 Å². The third kappa shape index (κ3) is 2.55. The molecule has 0 aliphatic carbocycles. The summed E-state index contributed by atoms with van der Waals surface area (Å²) in [5, 5.41) is 1.86. The Labute approximate surface area is 67.0 Å². The van der Waals surface area contributed by atoms with Crippen LogP contribution < -0.4 is 5.43 Å². The van der Waals surface area contributed by atoms with Crippen molar-refractivity contribution in [3.8, 4) is 0 Å². The molecule has 0 saturated heterocycles. The number of nitrogens with one attached hydrogen (secondary N) is 1. The van der Waals surface area contributed by atoms with Crippen molar-refractivity contribution in [3.63, 3.8) is 0 Å². The van der Waals surface area contributed by atoms with E-state index >= 15 is 0 Å². The fourth-order valence-electron chi connectivity index (χ4n) is 0.763. The number of nitrogens with zero attached hydrogens (tertiary/aromatic N) is 2. The van der Waals surface area contributed by atoms with E-state index in [2.05, 4.69) is 10.4 Å². The van der Waals surface area contributed by atoms with E-state index in [1.807, 2.05) is 44.4 Å². The van der Waals surface area contributed by atoms with E-state index in [4.69, 9.17) is 0 Å². The van der Waals surface area contributed by atoms with Crippen molar-refractivity contribution in [3.05, 3.63) is 23.9 Å². The molecule has 1 rings (SSSR count). The second kappa shape index (κ2) is 3.34. The number of anilines is 1. The maximum atomic E-state index is 4.17. The minimum Gasteiger partial charge on any atom is -0.304 e. The summed E-state index contributed by atoms with van der Waals surface area (Å²) in [7, 11) is 3.86. The molecule has 0 radical (unpaired) electrons. The average molecular weight is 151 g/mol. The largest absolute Gasteiger partial charge is 0.304 e. The Hall–Kier alpha value is -1.09. The Morgan fingerprint density at radius 1 is 1.36 bits per heavy atom. The maximum absolute atomic E-state index is 4.17. The summed E-state index contributed by atoms with van der Waals surface area (Å²) in [5.41, 5.74) is 4.23. The molecule has 3 heteroatoms. The zero-order valence-electron chi connectivity index (χ0n) is 7.13. The highest BCUT2D eigenvalue weighted by atomic mass is 15.5. The van der Waals surface area contributed by atoms with Gasteiger partial charge < -0.3 is 5.43 Å². The predicted octanol–water partition coefficient (Wildman–Crippen LogP) is 1.28. The molecule has 1 heterocycles. The van der Waals surface area contributed by atoms with Crippen LogP contribution in [0.25, 0.3) is 0 Å². The topological polar surface area (TPSA) is 28.2 Å². The van der Waals surface area contributed by atoms with Gasteiger partial charge in [-0.1, -0.05) is 6.07 Å². The predicted molar refractivity (Wildman–Crippen MR) is 46.3 cm³/mol. The van der Waals surface area contributed by atoms with Crippen LogP contribution in [-0.2, 0) is 0 Å². The van der Waals surface area contributed by atoms with Gasteiger partial charge in [-0.2, -0.15) is 0 Å². The van der Waals surface area contributed by atoms with Gasteiger partial charge in [0.1, 0.15) is 5.82 Å². The van der Waals surface area contributed by atoms with Crippen molar-refractivity contribution in [1.29, 1.82) is 0 Å². The monoisotopic (exact) mass is 151 g/mol. The second-order valence-electron chi connectivity index (χ2n) is 2.73. The first-order chi connectivity index (χ1) is 5.18. The lowest BCUT2D eigenvalue weighted by molar-refractivity contribution is 0.492. The quantitative estimate of drug-likeness (QED) is 0.645. The van der Waals surface area contributed by atoms with Gasteiger partial charge in [0.25, 0.3) is 0 Å². The Balaban J connectivity index is 2.66. The van der Waals surface area contributed by atoms with Crippen molar-refractivity contribution in [1.82, 2.24) is 9.99 Å². The lowest BCUT2D eigenvalue weighted by Crippen LogP contribution is -2.20. The Kier molecular flexibility index (Phi) is 2.44. The van der Waals surface area contributed by atoms with Gasteiger partial charge in [-0.3, -0.25) is 0 Å². The van der Waals surface area contributed by atoms with Crippen LogP contribution in [0, 0.1) is 6.92 Å². The number of hydrogen-bond acceptors (Lipinski definition) is 3. The SMILES string of the molecule is Cc1ccc(NN(C)C)nc1. The highest BCUT2D eigenvalue weighted by Crippen LogP contribution is 2.02. The van der Waals surface area contributed by atoms with Gasteiger partial charge >= 0.3 is 0 Å². The van der Waals surface area contributed by atoms with Gasteiger partial charge in [0.05, 0.1) is 0 Å². The summed E-state index contributed by atoms with van der Waals surface area (Å²) in [6.45, 7) is 2.02. The smallest absolute Gasteiger partial charge is 0.140 e. The lowest BCUT2D eigenvalue weighted by Gasteiger charge is -2.11. The highest BCUT2D eigenvalue weighted by molar-refractivity contribution is 5.33. The number of aromatic nitrogens is 1. The summed E-state index contributed by atoms with van der Waals surface area (Å²) >= 11 is 0. The van der Waals surface area contributed by atoms with Crippen LogP contribution in [0.15, 0.2) is 18.3 Å². The zero-order chi connectivity index (χ0) is 8.27. The molecule has 0 saturated carbocycles. The Bertz CT molecular complexity index is 215.